The minimum Gasteiger partial charge on any atom is -0.363 e. The highest BCUT2D eigenvalue weighted by molar-refractivity contribution is 5.38. The Kier molecular flexibility index (Phi) is 2.36. The number of aromatic nitrogens is 1. The summed E-state index contributed by atoms with van der Waals surface area (Å²) in [6, 6.07) is 5.84. The van der Waals surface area contributed by atoms with E-state index in [-0.39, 0.29) is 0 Å². The third-order valence-corrected chi connectivity index (χ3v) is 3.96. The molecule has 0 saturated carbocycles. The summed E-state index contributed by atoms with van der Waals surface area (Å²) in [4.78, 5) is 6.55. The zero-order valence-electron chi connectivity index (χ0n) is 9.98. The molecular weight excluding hydrogens is 198 g/mol. The van der Waals surface area contributed by atoms with Gasteiger partial charge < -0.3 is 10.2 Å². The van der Waals surface area contributed by atoms with Gasteiger partial charge in [0.25, 0.3) is 0 Å². The second kappa shape index (κ2) is 3.74. The zero-order valence-corrected chi connectivity index (χ0v) is 9.98. The Morgan fingerprint density at radius 3 is 2.69 bits per heavy atom. The molecule has 86 valence electrons. The second-order valence-electron chi connectivity index (χ2n) is 5.23. The maximum Gasteiger partial charge on any atom is 0.127 e. The topological polar surface area (TPSA) is 28.2 Å². The number of pyridine rings is 1. The van der Waals surface area contributed by atoms with Gasteiger partial charge in [-0.2, -0.15) is 0 Å². The van der Waals surface area contributed by atoms with E-state index in [1.54, 1.807) is 0 Å². The number of hydrogen-bond donors (Lipinski definition) is 1. The largest absolute Gasteiger partial charge is 0.363 e. The van der Waals surface area contributed by atoms with Crippen LogP contribution in [0.1, 0.15) is 30.7 Å². The Morgan fingerprint density at radius 2 is 2.19 bits per heavy atom. The monoisotopic (exact) mass is 217 g/mol. The Hall–Kier alpha value is -1.09. The van der Waals surface area contributed by atoms with E-state index in [1.807, 2.05) is 19.0 Å². The van der Waals surface area contributed by atoms with Crippen LogP contribution in [0.2, 0.25) is 0 Å². The average molecular weight is 217 g/mol. The van der Waals surface area contributed by atoms with Gasteiger partial charge in [0.15, 0.2) is 0 Å². The van der Waals surface area contributed by atoms with Crippen molar-refractivity contribution < 1.29 is 0 Å². The highest BCUT2D eigenvalue weighted by Crippen LogP contribution is 2.39. The van der Waals surface area contributed by atoms with Crippen molar-refractivity contribution in [1.82, 2.24) is 10.3 Å². The normalized spacial score (nSPS) is 32.0. The van der Waals surface area contributed by atoms with Crippen molar-refractivity contribution in [2.75, 3.05) is 19.0 Å². The van der Waals surface area contributed by atoms with Gasteiger partial charge in [0.1, 0.15) is 5.82 Å². The Labute approximate surface area is 96.9 Å². The molecule has 3 atom stereocenters. The van der Waals surface area contributed by atoms with Gasteiger partial charge in [-0.15, -0.1) is 0 Å². The molecular formula is C13H19N3. The second-order valence-corrected chi connectivity index (χ2v) is 5.23. The Balaban J connectivity index is 1.80. The number of hydrogen-bond acceptors (Lipinski definition) is 3. The fourth-order valence-corrected chi connectivity index (χ4v) is 3.07. The van der Waals surface area contributed by atoms with E-state index in [2.05, 4.69) is 28.6 Å². The first kappa shape index (κ1) is 10.1. The predicted molar refractivity (Wildman–Crippen MR) is 65.9 cm³/mol. The fourth-order valence-electron chi connectivity index (χ4n) is 3.07. The van der Waals surface area contributed by atoms with Crippen molar-refractivity contribution in [3.8, 4) is 0 Å². The van der Waals surface area contributed by atoms with Gasteiger partial charge >= 0.3 is 0 Å². The molecule has 1 N–H and O–H groups in total. The summed E-state index contributed by atoms with van der Waals surface area (Å²) >= 11 is 0. The number of anilines is 1. The van der Waals surface area contributed by atoms with Crippen molar-refractivity contribution in [3.05, 3.63) is 23.9 Å². The molecule has 1 aromatic heterocycles. The predicted octanol–water partition coefficient (Wildman–Crippen LogP) is 1.76. The van der Waals surface area contributed by atoms with Crippen molar-refractivity contribution in [3.63, 3.8) is 0 Å². The van der Waals surface area contributed by atoms with Gasteiger partial charge in [0.05, 0.1) is 0 Å². The minimum atomic E-state index is 0.697. The maximum absolute atomic E-state index is 4.50. The van der Waals surface area contributed by atoms with E-state index < -0.39 is 0 Å². The first-order valence-electron chi connectivity index (χ1n) is 6.13. The summed E-state index contributed by atoms with van der Waals surface area (Å²) in [7, 11) is 4.06. The van der Waals surface area contributed by atoms with Crippen LogP contribution in [0.25, 0.3) is 0 Å². The van der Waals surface area contributed by atoms with Crippen LogP contribution in [-0.4, -0.2) is 31.2 Å². The average Bonchev–Trinajstić information content (AvgIpc) is 2.91. The van der Waals surface area contributed by atoms with Crippen LogP contribution < -0.4 is 10.2 Å². The smallest absolute Gasteiger partial charge is 0.127 e. The van der Waals surface area contributed by atoms with Crippen LogP contribution in [0.3, 0.4) is 0 Å². The lowest BCUT2D eigenvalue weighted by atomic mass is 9.85. The minimum absolute atomic E-state index is 0.697. The van der Waals surface area contributed by atoms with Crippen LogP contribution in [0.5, 0.6) is 0 Å². The summed E-state index contributed by atoms with van der Waals surface area (Å²) in [5, 5.41) is 3.68. The number of nitrogens with zero attached hydrogens (tertiary/aromatic N) is 2. The molecule has 3 heterocycles. The van der Waals surface area contributed by atoms with Gasteiger partial charge in [-0.3, -0.25) is 0 Å². The highest BCUT2D eigenvalue weighted by Gasteiger charge is 2.39. The molecule has 0 unspecified atom stereocenters. The van der Waals surface area contributed by atoms with E-state index >= 15 is 0 Å². The molecule has 2 bridgehead atoms. The summed E-state index contributed by atoms with van der Waals surface area (Å²) in [5.74, 6) is 1.74. The van der Waals surface area contributed by atoms with E-state index in [9.17, 15) is 0 Å². The third kappa shape index (κ3) is 1.59. The summed E-state index contributed by atoms with van der Waals surface area (Å²) in [6.45, 7) is 0. The lowest BCUT2D eigenvalue weighted by Gasteiger charge is -2.21. The fraction of sp³-hybridized carbons (Fsp3) is 0.615. The van der Waals surface area contributed by atoms with Crippen LogP contribution >= 0.6 is 0 Å². The zero-order chi connectivity index (χ0) is 11.1. The van der Waals surface area contributed by atoms with Crippen LogP contribution in [-0.2, 0) is 0 Å². The molecule has 3 rings (SSSR count). The molecule has 0 amide bonds. The Bertz CT molecular complexity index is 371. The molecule has 1 aromatic rings. The van der Waals surface area contributed by atoms with Crippen LogP contribution in [0.4, 0.5) is 5.82 Å². The molecule has 2 aliphatic rings. The number of fused-ring (bicyclic) bond motifs is 2. The van der Waals surface area contributed by atoms with Gasteiger partial charge in [-0.25, -0.2) is 4.98 Å². The van der Waals surface area contributed by atoms with Gasteiger partial charge in [0.2, 0.25) is 0 Å². The van der Waals surface area contributed by atoms with Gasteiger partial charge in [-0.1, -0.05) is 6.07 Å². The molecule has 2 aliphatic heterocycles. The van der Waals surface area contributed by atoms with Gasteiger partial charge in [0, 0.05) is 38.3 Å². The molecule has 2 saturated heterocycles. The van der Waals surface area contributed by atoms with E-state index in [0.29, 0.717) is 12.0 Å². The molecule has 16 heavy (non-hydrogen) atoms. The molecule has 0 spiro atoms. The molecule has 3 nitrogen and oxygen atoms in total. The first-order valence-corrected chi connectivity index (χ1v) is 6.13. The number of nitrogens with one attached hydrogen (secondary N) is 1. The van der Waals surface area contributed by atoms with Crippen molar-refractivity contribution in [1.29, 1.82) is 0 Å². The lowest BCUT2D eigenvalue weighted by Crippen LogP contribution is -2.21. The lowest BCUT2D eigenvalue weighted by molar-refractivity contribution is 0.505. The van der Waals surface area contributed by atoms with Crippen molar-refractivity contribution in [2.45, 2.75) is 37.3 Å². The molecule has 2 fully saturated rings. The summed E-state index contributed by atoms with van der Waals surface area (Å²) in [6.07, 6.45) is 6.06. The standard InChI is InChI=1S/C13H19N3/c1-16(2)13-6-3-9(8-14-13)11-7-10-4-5-12(11)15-10/h3,6,8,10-12,15H,4-5,7H2,1-2H3/t10-,11+,12+/m0/s1. The third-order valence-electron chi connectivity index (χ3n) is 3.96. The molecule has 0 radical (unpaired) electrons. The highest BCUT2D eigenvalue weighted by atomic mass is 15.1. The van der Waals surface area contributed by atoms with Crippen LogP contribution in [0.15, 0.2) is 18.3 Å². The molecule has 3 heteroatoms. The quantitative estimate of drug-likeness (QED) is 0.818. The maximum atomic E-state index is 4.50. The Morgan fingerprint density at radius 1 is 1.31 bits per heavy atom. The van der Waals surface area contributed by atoms with Crippen molar-refractivity contribution >= 4 is 5.82 Å². The van der Waals surface area contributed by atoms with E-state index in [1.165, 1.54) is 24.8 Å². The van der Waals surface area contributed by atoms with Gasteiger partial charge in [-0.05, 0) is 30.9 Å². The van der Waals surface area contributed by atoms with Crippen LogP contribution in [0, 0.1) is 0 Å². The van der Waals surface area contributed by atoms with E-state index in [4.69, 9.17) is 0 Å². The number of rotatable bonds is 2. The molecule has 0 aromatic carbocycles. The first-order chi connectivity index (χ1) is 7.74. The van der Waals surface area contributed by atoms with E-state index in [0.717, 1.165) is 11.9 Å². The summed E-state index contributed by atoms with van der Waals surface area (Å²) in [5.41, 5.74) is 1.41. The molecule has 0 aliphatic carbocycles. The summed E-state index contributed by atoms with van der Waals surface area (Å²) < 4.78 is 0. The SMILES string of the molecule is CN(C)c1ccc([C@H]2C[C@@H]3CC[C@H]2N3)cn1. The van der Waals surface area contributed by atoms with Crippen molar-refractivity contribution in [2.24, 2.45) is 0 Å².